The second kappa shape index (κ2) is 9.38. The number of nitrogens with one attached hydrogen (secondary N) is 2. The van der Waals surface area contributed by atoms with Gasteiger partial charge >= 0.3 is 0 Å². The van der Waals surface area contributed by atoms with Crippen LogP contribution in [-0.4, -0.2) is 32.7 Å². The first-order chi connectivity index (χ1) is 14.0. The first-order valence-corrected chi connectivity index (χ1v) is 9.31. The van der Waals surface area contributed by atoms with Gasteiger partial charge in [-0.3, -0.25) is 4.98 Å². The number of hydrogen-bond acceptors (Lipinski definition) is 6. The Labute approximate surface area is 168 Å². The molecule has 1 aromatic carbocycles. The van der Waals surface area contributed by atoms with Gasteiger partial charge in [-0.05, 0) is 35.7 Å². The highest BCUT2D eigenvalue weighted by Crippen LogP contribution is 2.22. The van der Waals surface area contributed by atoms with Crippen LogP contribution in [0.3, 0.4) is 0 Å². The lowest BCUT2D eigenvalue weighted by molar-refractivity contribution is 0.248. The molecule has 0 aliphatic rings. The predicted molar refractivity (Wildman–Crippen MR) is 108 cm³/mol. The first-order valence-electron chi connectivity index (χ1n) is 9.31. The van der Waals surface area contributed by atoms with Crippen LogP contribution in [0.5, 0.6) is 0 Å². The van der Waals surface area contributed by atoms with Crippen LogP contribution in [-0.2, 0) is 6.54 Å². The Hall–Kier alpha value is -3.13. The van der Waals surface area contributed by atoms with Crippen molar-refractivity contribution in [3.8, 4) is 11.3 Å². The molecule has 0 spiro atoms. The van der Waals surface area contributed by atoms with E-state index in [9.17, 15) is 13.9 Å². The molecular weight excluding hydrogens is 376 g/mol. The average Bonchev–Trinajstić information content (AvgIpc) is 2.73. The number of halogens is 2. The molecule has 6 nitrogen and oxygen atoms in total. The maximum atomic E-state index is 13.4. The molecule has 0 aliphatic heterocycles. The Kier molecular flexibility index (Phi) is 6.66. The van der Waals surface area contributed by atoms with E-state index in [1.54, 1.807) is 18.5 Å². The van der Waals surface area contributed by atoms with Gasteiger partial charge in [-0.15, -0.1) is 0 Å². The van der Waals surface area contributed by atoms with Crippen LogP contribution in [0, 0.1) is 17.6 Å². The fraction of sp³-hybridized carbons (Fsp3) is 0.286. The van der Waals surface area contributed by atoms with Crippen molar-refractivity contribution in [1.29, 1.82) is 0 Å². The van der Waals surface area contributed by atoms with E-state index in [4.69, 9.17) is 0 Å². The van der Waals surface area contributed by atoms with Gasteiger partial charge in [-0.1, -0.05) is 19.9 Å². The molecule has 0 aliphatic carbocycles. The van der Waals surface area contributed by atoms with Crippen LogP contribution in [0.25, 0.3) is 11.3 Å². The highest BCUT2D eigenvalue weighted by Gasteiger charge is 2.15. The van der Waals surface area contributed by atoms with Crippen LogP contribution in [0.1, 0.15) is 19.4 Å². The van der Waals surface area contributed by atoms with Crippen molar-refractivity contribution in [2.45, 2.75) is 26.4 Å². The van der Waals surface area contributed by atoms with Gasteiger partial charge in [0, 0.05) is 30.6 Å². The maximum absolute atomic E-state index is 13.4. The zero-order valence-electron chi connectivity index (χ0n) is 16.2. The van der Waals surface area contributed by atoms with Gasteiger partial charge < -0.3 is 15.7 Å². The number of aliphatic hydroxyl groups is 1. The molecular formula is C21H23F2N5O. The predicted octanol–water partition coefficient (Wildman–Crippen LogP) is 3.86. The Balaban J connectivity index is 1.88. The number of hydrogen-bond donors (Lipinski definition) is 3. The normalized spacial score (nSPS) is 12.1. The summed E-state index contributed by atoms with van der Waals surface area (Å²) in [5, 5.41) is 15.9. The van der Waals surface area contributed by atoms with E-state index in [1.807, 2.05) is 26.0 Å². The van der Waals surface area contributed by atoms with Crippen LogP contribution in [0.2, 0.25) is 0 Å². The molecule has 3 N–H and O–H groups in total. The third kappa shape index (κ3) is 5.45. The third-order valence-corrected chi connectivity index (χ3v) is 4.48. The summed E-state index contributed by atoms with van der Waals surface area (Å²) < 4.78 is 26.6. The van der Waals surface area contributed by atoms with E-state index in [0.717, 1.165) is 17.7 Å². The molecule has 2 aromatic heterocycles. The Morgan fingerprint density at radius 3 is 2.41 bits per heavy atom. The Morgan fingerprint density at radius 2 is 1.76 bits per heavy atom. The maximum Gasteiger partial charge on any atom is 0.225 e. The largest absolute Gasteiger partial charge is 0.394 e. The zero-order chi connectivity index (χ0) is 20.8. The minimum absolute atomic E-state index is 0.0574. The molecule has 3 aromatic rings. The van der Waals surface area contributed by atoms with E-state index in [1.165, 1.54) is 6.07 Å². The van der Waals surface area contributed by atoms with E-state index >= 15 is 0 Å². The number of rotatable bonds is 8. The number of anilines is 2. The molecule has 1 atom stereocenters. The number of nitrogens with zero attached hydrogens (tertiary/aromatic N) is 3. The molecule has 0 saturated heterocycles. The summed E-state index contributed by atoms with van der Waals surface area (Å²) in [4.78, 5) is 13.0. The van der Waals surface area contributed by atoms with Crippen molar-refractivity contribution in [3.63, 3.8) is 0 Å². The summed E-state index contributed by atoms with van der Waals surface area (Å²) in [5.74, 6) is -0.730. The smallest absolute Gasteiger partial charge is 0.225 e. The molecule has 0 unspecified atom stereocenters. The fourth-order valence-electron chi connectivity index (χ4n) is 2.70. The standard InChI is InChI=1S/C21H23F2N5O/c1-13(2)19(12-29)27-21-26-18(15-5-7-24-8-6-15)10-20(28-21)25-11-14-3-4-16(22)17(23)9-14/h3-10,13,19,29H,11-12H2,1-2H3,(H2,25,26,27,28)/t19-/m1/s1. The Bertz CT molecular complexity index is 953. The van der Waals surface area contributed by atoms with Gasteiger partial charge in [0.25, 0.3) is 0 Å². The highest BCUT2D eigenvalue weighted by molar-refractivity contribution is 5.64. The second-order valence-electron chi connectivity index (χ2n) is 6.98. The van der Waals surface area contributed by atoms with E-state index in [0.29, 0.717) is 23.0 Å². The van der Waals surface area contributed by atoms with Crippen molar-refractivity contribution in [2.75, 3.05) is 17.2 Å². The van der Waals surface area contributed by atoms with Crippen molar-refractivity contribution >= 4 is 11.8 Å². The topological polar surface area (TPSA) is 83.0 Å². The van der Waals surface area contributed by atoms with Crippen LogP contribution >= 0.6 is 0 Å². The fourth-order valence-corrected chi connectivity index (χ4v) is 2.70. The summed E-state index contributed by atoms with van der Waals surface area (Å²) in [6.07, 6.45) is 3.34. The summed E-state index contributed by atoms with van der Waals surface area (Å²) in [5.41, 5.74) is 2.10. The van der Waals surface area contributed by atoms with Crippen LogP contribution < -0.4 is 10.6 Å². The molecule has 152 valence electrons. The minimum atomic E-state index is -0.894. The van der Waals surface area contributed by atoms with Gasteiger partial charge in [0.1, 0.15) is 5.82 Å². The van der Waals surface area contributed by atoms with E-state index < -0.39 is 11.6 Å². The first kappa shape index (κ1) is 20.6. The van der Waals surface area contributed by atoms with Crippen LogP contribution in [0.15, 0.2) is 48.8 Å². The van der Waals surface area contributed by atoms with Gasteiger partial charge in [0.05, 0.1) is 18.3 Å². The number of pyridine rings is 1. The molecule has 0 amide bonds. The summed E-state index contributed by atoms with van der Waals surface area (Å²) in [7, 11) is 0. The number of benzene rings is 1. The van der Waals surface area contributed by atoms with Crippen molar-refractivity contribution < 1.29 is 13.9 Å². The average molecular weight is 399 g/mol. The molecule has 0 bridgehead atoms. The Morgan fingerprint density at radius 1 is 1.00 bits per heavy atom. The van der Waals surface area contributed by atoms with E-state index in [2.05, 4.69) is 25.6 Å². The summed E-state index contributed by atoms with van der Waals surface area (Å²) in [6.45, 7) is 4.18. The van der Waals surface area contributed by atoms with Gasteiger partial charge in [0.2, 0.25) is 5.95 Å². The number of aromatic nitrogens is 3. The van der Waals surface area contributed by atoms with Crippen LogP contribution in [0.4, 0.5) is 20.5 Å². The molecule has 0 radical (unpaired) electrons. The summed E-state index contributed by atoms with van der Waals surface area (Å²) in [6, 6.07) is 8.97. The van der Waals surface area contributed by atoms with Gasteiger partial charge in [0.15, 0.2) is 11.6 Å². The molecule has 8 heteroatoms. The van der Waals surface area contributed by atoms with E-state index in [-0.39, 0.29) is 25.1 Å². The van der Waals surface area contributed by atoms with Crippen molar-refractivity contribution in [3.05, 3.63) is 66.0 Å². The van der Waals surface area contributed by atoms with Crippen molar-refractivity contribution in [2.24, 2.45) is 5.92 Å². The number of aliphatic hydroxyl groups excluding tert-OH is 1. The monoisotopic (exact) mass is 399 g/mol. The lowest BCUT2D eigenvalue weighted by Crippen LogP contribution is -2.30. The zero-order valence-corrected chi connectivity index (χ0v) is 16.2. The van der Waals surface area contributed by atoms with Gasteiger partial charge in [-0.25, -0.2) is 13.8 Å². The van der Waals surface area contributed by atoms with Gasteiger partial charge in [-0.2, -0.15) is 4.98 Å². The lowest BCUT2D eigenvalue weighted by Gasteiger charge is -2.20. The molecule has 2 heterocycles. The highest BCUT2D eigenvalue weighted by atomic mass is 19.2. The quantitative estimate of drug-likeness (QED) is 0.534. The SMILES string of the molecule is CC(C)[C@@H](CO)Nc1nc(NCc2ccc(F)c(F)c2)cc(-c2ccncc2)n1. The molecule has 0 fully saturated rings. The second-order valence-corrected chi connectivity index (χ2v) is 6.98. The summed E-state index contributed by atoms with van der Waals surface area (Å²) >= 11 is 0. The van der Waals surface area contributed by atoms with Crippen molar-refractivity contribution in [1.82, 2.24) is 15.0 Å². The minimum Gasteiger partial charge on any atom is -0.394 e. The molecule has 0 saturated carbocycles. The molecule has 29 heavy (non-hydrogen) atoms. The third-order valence-electron chi connectivity index (χ3n) is 4.48. The molecule has 3 rings (SSSR count). The lowest BCUT2D eigenvalue weighted by atomic mass is 10.1.